The van der Waals surface area contributed by atoms with Crippen molar-refractivity contribution >= 4 is 34.2 Å². The quantitative estimate of drug-likeness (QED) is 0.585. The number of anilines is 1. The fourth-order valence-electron chi connectivity index (χ4n) is 6.09. The topological polar surface area (TPSA) is 69.7 Å². The highest BCUT2D eigenvalue weighted by Gasteiger charge is 2.42. The minimum Gasteiger partial charge on any atom is -0.299 e. The Hall–Kier alpha value is -3.51. The molecule has 35 heavy (non-hydrogen) atoms. The minimum absolute atomic E-state index is 0.00937. The molecule has 1 atom stereocenters. The predicted molar refractivity (Wildman–Crippen MR) is 135 cm³/mol. The number of rotatable bonds is 4. The molecule has 178 valence electrons. The summed E-state index contributed by atoms with van der Waals surface area (Å²) in [5.74, 6) is -0.820. The van der Waals surface area contributed by atoms with Crippen molar-refractivity contribution in [1.29, 1.82) is 0 Å². The third-order valence-corrected chi connectivity index (χ3v) is 8.11. The zero-order valence-corrected chi connectivity index (χ0v) is 19.9. The number of hydrogen-bond acceptors (Lipinski definition) is 4. The normalized spacial score (nSPS) is 22.0. The number of carbonyl (C=O) groups is 3. The minimum atomic E-state index is -0.654. The summed E-state index contributed by atoms with van der Waals surface area (Å²) in [5, 5.41) is 4.44. The monoisotopic (exact) mass is 467 g/mol. The predicted octanol–water partition coefficient (Wildman–Crippen LogP) is 4.16. The summed E-state index contributed by atoms with van der Waals surface area (Å²) in [5.41, 5.74) is 4.05. The molecule has 0 aliphatic carbocycles. The van der Waals surface area contributed by atoms with E-state index in [1.807, 2.05) is 18.2 Å². The standard InChI is InChI=1S/C29H29N3O3/c1-29(14-16-31(17-15-29)18-19-6-3-2-4-7-19)22-11-10-21-26-20(22)8-5-9-23(26)32(28(21)35)24-12-13-25(33)30-27(24)34/h2-11,24H,12-18H2,1H3,(H,30,33,34). The number of hydrogen-bond donors (Lipinski definition) is 1. The van der Waals surface area contributed by atoms with Gasteiger partial charge >= 0.3 is 0 Å². The van der Waals surface area contributed by atoms with E-state index in [1.54, 1.807) is 4.90 Å². The van der Waals surface area contributed by atoms with Gasteiger partial charge < -0.3 is 0 Å². The van der Waals surface area contributed by atoms with Crippen LogP contribution in [0.1, 0.15) is 54.1 Å². The number of nitrogens with one attached hydrogen (secondary N) is 1. The molecule has 6 heteroatoms. The van der Waals surface area contributed by atoms with Crippen LogP contribution in [0.15, 0.2) is 60.7 Å². The first kappa shape index (κ1) is 22.0. The van der Waals surface area contributed by atoms with Crippen molar-refractivity contribution < 1.29 is 14.4 Å². The lowest BCUT2D eigenvalue weighted by Gasteiger charge is -2.40. The van der Waals surface area contributed by atoms with Crippen LogP contribution in [0.2, 0.25) is 0 Å². The van der Waals surface area contributed by atoms with Gasteiger partial charge in [0.1, 0.15) is 6.04 Å². The van der Waals surface area contributed by atoms with E-state index >= 15 is 0 Å². The second-order valence-corrected chi connectivity index (χ2v) is 10.3. The number of carbonyl (C=O) groups excluding carboxylic acids is 3. The van der Waals surface area contributed by atoms with Gasteiger partial charge in [-0.1, -0.05) is 55.5 Å². The van der Waals surface area contributed by atoms with Crippen LogP contribution >= 0.6 is 0 Å². The number of amides is 3. The van der Waals surface area contributed by atoms with E-state index in [0.29, 0.717) is 12.0 Å². The van der Waals surface area contributed by atoms with Gasteiger partial charge in [0.2, 0.25) is 11.8 Å². The van der Waals surface area contributed by atoms with E-state index in [9.17, 15) is 14.4 Å². The maximum atomic E-state index is 13.4. The van der Waals surface area contributed by atoms with E-state index in [2.05, 4.69) is 59.6 Å². The highest BCUT2D eigenvalue weighted by atomic mass is 16.2. The third-order valence-electron chi connectivity index (χ3n) is 8.11. The van der Waals surface area contributed by atoms with Crippen molar-refractivity contribution in [1.82, 2.24) is 10.2 Å². The van der Waals surface area contributed by atoms with Crippen LogP contribution in [-0.4, -0.2) is 41.8 Å². The Balaban J connectivity index is 1.31. The third kappa shape index (κ3) is 3.64. The molecule has 6 nitrogen and oxygen atoms in total. The maximum Gasteiger partial charge on any atom is 0.259 e. The molecule has 2 saturated heterocycles. The highest BCUT2D eigenvalue weighted by Crippen LogP contribution is 2.45. The van der Waals surface area contributed by atoms with E-state index in [0.717, 1.165) is 48.9 Å². The lowest BCUT2D eigenvalue weighted by Crippen LogP contribution is -2.53. The summed E-state index contributed by atoms with van der Waals surface area (Å²) >= 11 is 0. The molecule has 3 aliphatic rings. The Kier molecular flexibility index (Phi) is 5.22. The second-order valence-electron chi connectivity index (χ2n) is 10.3. The molecule has 3 aliphatic heterocycles. The maximum absolute atomic E-state index is 13.4. The fraction of sp³-hybridized carbons (Fsp3) is 0.345. The first-order valence-corrected chi connectivity index (χ1v) is 12.4. The molecule has 1 N–H and O–H groups in total. The van der Waals surface area contributed by atoms with Gasteiger partial charge in [-0.2, -0.15) is 0 Å². The molecule has 1 unspecified atom stereocenters. The summed E-state index contributed by atoms with van der Waals surface area (Å²) < 4.78 is 0. The van der Waals surface area contributed by atoms with Gasteiger partial charge in [-0.3, -0.25) is 29.5 Å². The van der Waals surface area contributed by atoms with Gasteiger partial charge in [0.25, 0.3) is 5.91 Å². The lowest BCUT2D eigenvalue weighted by atomic mass is 9.72. The number of piperidine rings is 2. The number of imide groups is 1. The Morgan fingerprint density at radius 2 is 1.71 bits per heavy atom. The summed E-state index contributed by atoms with van der Waals surface area (Å²) in [4.78, 5) is 41.8. The van der Waals surface area contributed by atoms with Crippen molar-refractivity contribution in [3.05, 3.63) is 77.4 Å². The van der Waals surface area contributed by atoms with E-state index in [1.165, 1.54) is 11.1 Å². The Morgan fingerprint density at radius 1 is 0.943 bits per heavy atom. The molecule has 0 aromatic heterocycles. The van der Waals surface area contributed by atoms with Crippen LogP contribution in [0.25, 0.3) is 10.8 Å². The molecule has 0 spiro atoms. The van der Waals surface area contributed by atoms with Crippen LogP contribution in [0.3, 0.4) is 0 Å². The van der Waals surface area contributed by atoms with Gasteiger partial charge in [-0.15, -0.1) is 0 Å². The summed E-state index contributed by atoms with van der Waals surface area (Å²) in [7, 11) is 0. The van der Waals surface area contributed by atoms with Crippen molar-refractivity contribution in [3.63, 3.8) is 0 Å². The molecule has 6 rings (SSSR count). The van der Waals surface area contributed by atoms with Gasteiger partial charge in [0, 0.05) is 23.9 Å². The van der Waals surface area contributed by atoms with Gasteiger partial charge in [-0.05, 0) is 66.4 Å². The molecular weight excluding hydrogens is 438 g/mol. The highest BCUT2D eigenvalue weighted by molar-refractivity contribution is 6.27. The van der Waals surface area contributed by atoms with Crippen LogP contribution in [0, 0.1) is 0 Å². The van der Waals surface area contributed by atoms with Crippen molar-refractivity contribution in [2.75, 3.05) is 18.0 Å². The number of nitrogens with zero attached hydrogens (tertiary/aromatic N) is 2. The van der Waals surface area contributed by atoms with Gasteiger partial charge in [-0.25, -0.2) is 0 Å². The average molecular weight is 468 g/mol. The van der Waals surface area contributed by atoms with E-state index in [-0.39, 0.29) is 23.7 Å². The number of benzene rings is 3. The zero-order chi connectivity index (χ0) is 24.2. The molecule has 3 heterocycles. The van der Waals surface area contributed by atoms with Crippen LogP contribution in [-0.2, 0) is 21.5 Å². The molecular formula is C29H29N3O3. The Bertz CT molecular complexity index is 1340. The molecule has 3 aromatic carbocycles. The first-order valence-electron chi connectivity index (χ1n) is 12.4. The van der Waals surface area contributed by atoms with Crippen LogP contribution in [0.4, 0.5) is 5.69 Å². The van der Waals surface area contributed by atoms with Crippen LogP contribution < -0.4 is 10.2 Å². The molecule has 0 bridgehead atoms. The average Bonchev–Trinajstić information content (AvgIpc) is 3.14. The Morgan fingerprint density at radius 3 is 2.46 bits per heavy atom. The smallest absolute Gasteiger partial charge is 0.259 e. The Labute approximate surface area is 204 Å². The number of likely N-dealkylation sites (tertiary alicyclic amines) is 1. The zero-order valence-electron chi connectivity index (χ0n) is 19.9. The molecule has 3 amide bonds. The molecule has 0 saturated carbocycles. The van der Waals surface area contributed by atoms with Crippen LogP contribution in [0.5, 0.6) is 0 Å². The fourth-order valence-corrected chi connectivity index (χ4v) is 6.09. The SMILES string of the molecule is CC1(c2ccc3c4c(cccc24)N(C2CCC(=O)NC2=O)C3=O)CCN(Cc2ccccc2)CC1. The summed E-state index contributed by atoms with van der Waals surface area (Å²) in [6.45, 7) is 5.35. The molecule has 3 aromatic rings. The van der Waals surface area contributed by atoms with E-state index in [4.69, 9.17) is 0 Å². The summed E-state index contributed by atoms with van der Waals surface area (Å²) in [6, 6.07) is 20.0. The van der Waals surface area contributed by atoms with Gasteiger partial charge in [0.05, 0.1) is 5.69 Å². The largest absolute Gasteiger partial charge is 0.299 e. The van der Waals surface area contributed by atoms with Crippen molar-refractivity contribution in [2.24, 2.45) is 0 Å². The molecule has 0 radical (unpaired) electrons. The summed E-state index contributed by atoms with van der Waals surface area (Å²) in [6.07, 6.45) is 2.69. The van der Waals surface area contributed by atoms with E-state index < -0.39 is 11.9 Å². The first-order chi connectivity index (χ1) is 16.9. The molecule has 2 fully saturated rings. The van der Waals surface area contributed by atoms with Crippen molar-refractivity contribution in [3.8, 4) is 0 Å². The van der Waals surface area contributed by atoms with Gasteiger partial charge in [0.15, 0.2) is 0 Å². The second kappa shape index (κ2) is 8.31. The lowest BCUT2D eigenvalue weighted by molar-refractivity contribution is -0.134. The van der Waals surface area contributed by atoms with Crippen molar-refractivity contribution in [2.45, 2.75) is 50.6 Å².